The van der Waals surface area contributed by atoms with E-state index in [1.165, 1.54) is 12.1 Å². The van der Waals surface area contributed by atoms with Crippen molar-refractivity contribution < 1.29 is 30.0 Å². The van der Waals surface area contributed by atoms with Crippen molar-refractivity contribution in [2.24, 2.45) is 0 Å². The largest absolute Gasteiger partial charge is 0.294 e. The molecule has 1 rings (SSSR count). The van der Waals surface area contributed by atoms with Gasteiger partial charge in [0.1, 0.15) is 0 Å². The number of benzene rings is 1. The van der Waals surface area contributed by atoms with E-state index in [-0.39, 0.29) is 22.0 Å². The van der Waals surface area contributed by atoms with Gasteiger partial charge in [-0.1, -0.05) is 18.2 Å². The summed E-state index contributed by atoms with van der Waals surface area (Å²) in [5, 5.41) is 0. The predicted molar refractivity (Wildman–Crippen MR) is 36.3 cm³/mol. The third-order valence-corrected chi connectivity index (χ3v) is 1.91. The van der Waals surface area contributed by atoms with E-state index in [1.54, 1.807) is 18.2 Å². The van der Waals surface area contributed by atoms with Gasteiger partial charge >= 0.3 is 0 Å². The van der Waals surface area contributed by atoms with Crippen LogP contribution in [0.25, 0.3) is 0 Å². The van der Waals surface area contributed by atoms with E-state index in [1.807, 2.05) is 0 Å². The Morgan fingerprint density at radius 3 is 1.82 bits per heavy atom. The van der Waals surface area contributed by atoms with E-state index in [0.717, 1.165) is 0 Å². The Balaban J connectivity index is 0.000001000. The zero-order valence-corrected chi connectivity index (χ0v) is 7.33. The zero-order valence-electron chi connectivity index (χ0n) is 5.41. The molecule has 3 nitrogen and oxygen atoms in total. The molecule has 62 valence electrons. The van der Waals surface area contributed by atoms with Crippen LogP contribution in [-0.2, 0) is 27.2 Å². The van der Waals surface area contributed by atoms with Gasteiger partial charge in [0.15, 0.2) is 0 Å². The van der Waals surface area contributed by atoms with Crippen molar-refractivity contribution in [3.05, 3.63) is 30.3 Å². The molecular weight excluding hydrogens is 208 g/mol. The Hall–Kier alpha value is -0.351. The van der Waals surface area contributed by atoms with Crippen molar-refractivity contribution >= 4 is 10.1 Å². The SMILES string of the molecule is O=S(=O)(O)c1ccccc1.[Fe]. The molecule has 0 heterocycles. The maximum atomic E-state index is 10.4. The van der Waals surface area contributed by atoms with Gasteiger partial charge in [0.05, 0.1) is 4.90 Å². The fraction of sp³-hybridized carbons (Fsp3) is 0. The molecule has 0 aromatic heterocycles. The molecule has 0 unspecified atom stereocenters. The molecule has 0 aliphatic rings. The molecule has 0 fully saturated rings. The predicted octanol–water partition coefficient (Wildman–Crippen LogP) is 0.931. The first-order valence-electron chi connectivity index (χ1n) is 2.63. The van der Waals surface area contributed by atoms with E-state index in [9.17, 15) is 8.42 Å². The molecule has 1 aromatic rings. The summed E-state index contributed by atoms with van der Waals surface area (Å²) in [5.74, 6) is 0. The summed E-state index contributed by atoms with van der Waals surface area (Å²) in [4.78, 5) is -0.0741. The minimum absolute atomic E-state index is 0. The van der Waals surface area contributed by atoms with Crippen LogP contribution in [0.3, 0.4) is 0 Å². The molecule has 0 radical (unpaired) electrons. The Morgan fingerprint density at radius 2 is 1.55 bits per heavy atom. The maximum absolute atomic E-state index is 10.4. The van der Waals surface area contributed by atoms with Crippen LogP contribution in [0.2, 0.25) is 0 Å². The molecule has 0 aliphatic heterocycles. The summed E-state index contributed by atoms with van der Waals surface area (Å²) in [6.45, 7) is 0. The first kappa shape index (κ1) is 10.6. The summed E-state index contributed by atoms with van der Waals surface area (Å²) < 4.78 is 29.2. The van der Waals surface area contributed by atoms with Gasteiger partial charge < -0.3 is 0 Å². The van der Waals surface area contributed by atoms with Crippen LogP contribution < -0.4 is 0 Å². The topological polar surface area (TPSA) is 54.4 Å². The van der Waals surface area contributed by atoms with Gasteiger partial charge in [-0.05, 0) is 12.1 Å². The Morgan fingerprint density at radius 1 is 1.09 bits per heavy atom. The standard InChI is InChI=1S/C6H6O3S.Fe/c7-10(8,9)6-4-2-1-3-5-6;/h1-5H,(H,7,8,9);. The number of hydrogen-bond acceptors (Lipinski definition) is 2. The fourth-order valence-electron chi connectivity index (χ4n) is 0.592. The van der Waals surface area contributed by atoms with E-state index in [2.05, 4.69) is 0 Å². The molecule has 0 amide bonds. The van der Waals surface area contributed by atoms with Gasteiger partial charge in [-0.25, -0.2) is 0 Å². The van der Waals surface area contributed by atoms with Gasteiger partial charge in [0.2, 0.25) is 0 Å². The number of hydrogen-bond donors (Lipinski definition) is 1. The van der Waals surface area contributed by atoms with Gasteiger partial charge in [-0.3, -0.25) is 4.55 Å². The monoisotopic (exact) mass is 214 g/mol. The van der Waals surface area contributed by atoms with E-state index in [4.69, 9.17) is 4.55 Å². The van der Waals surface area contributed by atoms with E-state index >= 15 is 0 Å². The molecule has 0 bridgehead atoms. The zero-order chi connectivity index (χ0) is 7.61. The van der Waals surface area contributed by atoms with Crippen molar-refractivity contribution in [3.8, 4) is 0 Å². The molecule has 0 spiro atoms. The van der Waals surface area contributed by atoms with Gasteiger partial charge in [0, 0.05) is 17.1 Å². The van der Waals surface area contributed by atoms with E-state index < -0.39 is 10.1 Å². The summed E-state index contributed by atoms with van der Waals surface area (Å²) in [6.07, 6.45) is 0. The van der Waals surface area contributed by atoms with Crippen molar-refractivity contribution in [2.75, 3.05) is 0 Å². The normalized spacial score (nSPS) is 10.3. The Labute approximate surface area is 75.7 Å². The second-order valence-corrected chi connectivity index (χ2v) is 3.21. The van der Waals surface area contributed by atoms with Crippen LogP contribution in [0.1, 0.15) is 0 Å². The minimum Gasteiger partial charge on any atom is -0.282 e. The van der Waals surface area contributed by atoms with Gasteiger partial charge in [-0.15, -0.1) is 0 Å². The fourth-order valence-corrected chi connectivity index (χ4v) is 1.09. The molecule has 1 aromatic carbocycles. The molecule has 0 atom stereocenters. The molecule has 0 saturated carbocycles. The molecule has 11 heavy (non-hydrogen) atoms. The van der Waals surface area contributed by atoms with Gasteiger partial charge in [-0.2, -0.15) is 8.42 Å². The summed E-state index contributed by atoms with van der Waals surface area (Å²) in [5.41, 5.74) is 0. The van der Waals surface area contributed by atoms with Crippen LogP contribution in [0.4, 0.5) is 0 Å². The minimum atomic E-state index is -4.00. The third kappa shape index (κ3) is 3.03. The van der Waals surface area contributed by atoms with E-state index in [0.29, 0.717) is 0 Å². The molecule has 0 saturated heterocycles. The first-order valence-corrected chi connectivity index (χ1v) is 4.07. The third-order valence-electron chi connectivity index (χ3n) is 1.04. The summed E-state index contributed by atoms with van der Waals surface area (Å²) in [7, 11) is -4.00. The van der Waals surface area contributed by atoms with Gasteiger partial charge in [0.25, 0.3) is 10.1 Å². The smallest absolute Gasteiger partial charge is 0.282 e. The average molecular weight is 214 g/mol. The van der Waals surface area contributed by atoms with Crippen molar-refractivity contribution in [1.29, 1.82) is 0 Å². The van der Waals surface area contributed by atoms with Crippen molar-refractivity contribution in [3.63, 3.8) is 0 Å². The first-order chi connectivity index (χ1) is 4.61. The quantitative estimate of drug-likeness (QED) is 0.558. The second-order valence-electron chi connectivity index (χ2n) is 1.79. The number of rotatable bonds is 1. The van der Waals surface area contributed by atoms with Crippen LogP contribution in [-0.4, -0.2) is 13.0 Å². The second kappa shape index (κ2) is 3.87. The molecule has 1 N–H and O–H groups in total. The van der Waals surface area contributed by atoms with Crippen LogP contribution in [0.15, 0.2) is 35.2 Å². The molecular formula is C6H6FeO3S. The van der Waals surface area contributed by atoms with Crippen LogP contribution in [0, 0.1) is 0 Å². The maximum Gasteiger partial charge on any atom is 0.294 e. The average Bonchev–Trinajstić information content (AvgIpc) is 1.88. The van der Waals surface area contributed by atoms with Crippen molar-refractivity contribution in [2.45, 2.75) is 4.90 Å². The molecule has 0 aliphatic carbocycles. The Bertz CT molecular complexity index is 306. The summed E-state index contributed by atoms with van der Waals surface area (Å²) in [6, 6.07) is 7.42. The summed E-state index contributed by atoms with van der Waals surface area (Å²) >= 11 is 0. The Kier molecular flexibility index (Phi) is 3.75. The van der Waals surface area contributed by atoms with Crippen LogP contribution >= 0.6 is 0 Å². The molecule has 5 heteroatoms. The van der Waals surface area contributed by atoms with Crippen molar-refractivity contribution in [1.82, 2.24) is 0 Å². The van der Waals surface area contributed by atoms with Crippen LogP contribution in [0.5, 0.6) is 0 Å².